The molecule has 0 bridgehead atoms. The summed E-state index contributed by atoms with van der Waals surface area (Å²) in [7, 11) is -0.505. The Morgan fingerprint density at radius 3 is 2.43 bits per heavy atom. The zero-order valence-corrected chi connectivity index (χ0v) is 14.1. The molecule has 0 spiro atoms. The Bertz CT molecular complexity index is 813. The van der Waals surface area contributed by atoms with Gasteiger partial charge in [-0.05, 0) is 36.8 Å². The van der Waals surface area contributed by atoms with E-state index in [-0.39, 0.29) is 17.3 Å². The summed E-state index contributed by atoms with van der Waals surface area (Å²) in [6.45, 7) is 1.66. The number of Topliss-reactive ketones (excluding diaryl/α,β-unsaturated/α-hetero) is 1. The molecule has 23 heavy (non-hydrogen) atoms. The zero-order valence-electron chi connectivity index (χ0n) is 13.3. The van der Waals surface area contributed by atoms with E-state index in [1.54, 1.807) is 48.5 Å². The molecular weight excluding hydrogens is 314 g/mol. The standard InChI is InChI=1S/C17H19NO4S/c1-13(19)16-9-4-5-10-17(16)22-12-14-7-6-8-15(11-14)23(20,21)18(2)3/h4-11H,12H2,1-3H3. The van der Waals surface area contributed by atoms with Crippen LogP contribution < -0.4 is 4.74 Å². The van der Waals surface area contributed by atoms with Crippen molar-refractivity contribution in [2.45, 2.75) is 18.4 Å². The van der Waals surface area contributed by atoms with Crippen LogP contribution in [-0.2, 0) is 16.6 Å². The second-order valence-corrected chi connectivity index (χ2v) is 7.43. The van der Waals surface area contributed by atoms with Gasteiger partial charge in [-0.1, -0.05) is 24.3 Å². The Labute approximate surface area is 136 Å². The number of ether oxygens (including phenoxy) is 1. The van der Waals surface area contributed by atoms with Crippen LogP contribution in [0.4, 0.5) is 0 Å². The van der Waals surface area contributed by atoms with Crippen LogP contribution in [0.2, 0.25) is 0 Å². The van der Waals surface area contributed by atoms with Crippen LogP contribution in [0.15, 0.2) is 53.4 Å². The average molecular weight is 333 g/mol. The number of hydrogen-bond donors (Lipinski definition) is 0. The van der Waals surface area contributed by atoms with Crippen LogP contribution in [0.25, 0.3) is 0 Å². The number of nitrogens with zero attached hydrogens (tertiary/aromatic N) is 1. The maximum atomic E-state index is 12.1. The van der Waals surface area contributed by atoms with E-state index in [2.05, 4.69) is 0 Å². The van der Waals surface area contributed by atoms with Gasteiger partial charge in [-0.3, -0.25) is 4.79 Å². The largest absolute Gasteiger partial charge is 0.488 e. The van der Waals surface area contributed by atoms with E-state index in [1.807, 2.05) is 0 Å². The van der Waals surface area contributed by atoms with E-state index in [1.165, 1.54) is 21.0 Å². The second kappa shape index (κ2) is 6.93. The lowest BCUT2D eigenvalue weighted by Crippen LogP contribution is -2.22. The van der Waals surface area contributed by atoms with Crippen LogP contribution in [0, 0.1) is 0 Å². The average Bonchev–Trinajstić information content (AvgIpc) is 2.53. The highest BCUT2D eigenvalue weighted by molar-refractivity contribution is 7.89. The molecule has 0 saturated heterocycles. The normalized spacial score (nSPS) is 11.5. The first kappa shape index (κ1) is 17.2. The summed E-state index contributed by atoms with van der Waals surface area (Å²) in [4.78, 5) is 11.8. The van der Waals surface area contributed by atoms with Gasteiger partial charge in [0, 0.05) is 14.1 Å². The third kappa shape index (κ3) is 3.97. The SMILES string of the molecule is CC(=O)c1ccccc1OCc1cccc(S(=O)(=O)N(C)C)c1. The summed E-state index contributed by atoms with van der Waals surface area (Å²) < 4.78 is 31.1. The number of ketones is 1. The first-order chi connectivity index (χ1) is 10.8. The summed E-state index contributed by atoms with van der Waals surface area (Å²) in [6.07, 6.45) is 0. The minimum atomic E-state index is -3.48. The van der Waals surface area contributed by atoms with E-state index in [0.717, 1.165) is 4.31 Å². The topological polar surface area (TPSA) is 63.7 Å². The number of hydrogen-bond acceptors (Lipinski definition) is 4. The number of para-hydroxylation sites is 1. The molecule has 0 amide bonds. The van der Waals surface area contributed by atoms with Gasteiger partial charge < -0.3 is 4.74 Å². The first-order valence-corrected chi connectivity index (χ1v) is 8.50. The lowest BCUT2D eigenvalue weighted by molar-refractivity contribution is 0.101. The molecule has 0 heterocycles. The van der Waals surface area contributed by atoms with E-state index in [0.29, 0.717) is 16.9 Å². The first-order valence-electron chi connectivity index (χ1n) is 7.06. The molecule has 2 aromatic carbocycles. The van der Waals surface area contributed by atoms with Crippen molar-refractivity contribution in [2.75, 3.05) is 14.1 Å². The minimum Gasteiger partial charge on any atom is -0.488 e. The maximum absolute atomic E-state index is 12.1. The highest BCUT2D eigenvalue weighted by Crippen LogP contribution is 2.21. The van der Waals surface area contributed by atoms with Gasteiger partial charge >= 0.3 is 0 Å². The van der Waals surface area contributed by atoms with Crippen molar-refractivity contribution in [1.29, 1.82) is 0 Å². The van der Waals surface area contributed by atoms with Gasteiger partial charge in [0.05, 0.1) is 10.5 Å². The molecule has 0 aliphatic rings. The molecule has 0 N–H and O–H groups in total. The third-order valence-electron chi connectivity index (χ3n) is 3.34. The molecule has 0 radical (unpaired) electrons. The quantitative estimate of drug-likeness (QED) is 0.763. The van der Waals surface area contributed by atoms with E-state index in [4.69, 9.17) is 4.74 Å². The highest BCUT2D eigenvalue weighted by atomic mass is 32.2. The van der Waals surface area contributed by atoms with Crippen LogP contribution in [0.5, 0.6) is 5.75 Å². The molecule has 0 aromatic heterocycles. The second-order valence-electron chi connectivity index (χ2n) is 5.28. The molecule has 0 saturated carbocycles. The van der Waals surface area contributed by atoms with Crippen molar-refractivity contribution >= 4 is 15.8 Å². The van der Waals surface area contributed by atoms with Crippen LogP contribution in [-0.4, -0.2) is 32.6 Å². The van der Waals surface area contributed by atoms with Gasteiger partial charge in [-0.2, -0.15) is 0 Å². The van der Waals surface area contributed by atoms with Crippen molar-refractivity contribution in [3.8, 4) is 5.75 Å². The van der Waals surface area contributed by atoms with Crippen molar-refractivity contribution in [3.63, 3.8) is 0 Å². The van der Waals surface area contributed by atoms with Crippen molar-refractivity contribution in [3.05, 3.63) is 59.7 Å². The van der Waals surface area contributed by atoms with Crippen LogP contribution in [0.1, 0.15) is 22.8 Å². The maximum Gasteiger partial charge on any atom is 0.242 e. The number of rotatable bonds is 6. The van der Waals surface area contributed by atoms with Crippen molar-refractivity contribution < 1.29 is 17.9 Å². The molecule has 2 aromatic rings. The van der Waals surface area contributed by atoms with E-state index >= 15 is 0 Å². The Hall–Kier alpha value is -2.18. The molecule has 0 aliphatic carbocycles. The van der Waals surface area contributed by atoms with Crippen molar-refractivity contribution in [1.82, 2.24) is 4.31 Å². The fourth-order valence-electron chi connectivity index (χ4n) is 2.05. The predicted molar refractivity (Wildman–Crippen MR) is 88.1 cm³/mol. The molecule has 2 rings (SSSR count). The molecule has 122 valence electrons. The fourth-order valence-corrected chi connectivity index (χ4v) is 3.02. The summed E-state index contributed by atoms with van der Waals surface area (Å²) >= 11 is 0. The van der Waals surface area contributed by atoms with Crippen LogP contribution >= 0.6 is 0 Å². The lowest BCUT2D eigenvalue weighted by atomic mass is 10.1. The summed E-state index contributed by atoms with van der Waals surface area (Å²) in [5.41, 5.74) is 1.22. The Kier molecular flexibility index (Phi) is 5.18. The third-order valence-corrected chi connectivity index (χ3v) is 5.15. The Morgan fingerprint density at radius 2 is 1.78 bits per heavy atom. The fraction of sp³-hybridized carbons (Fsp3) is 0.235. The molecule has 0 unspecified atom stereocenters. The van der Waals surface area contributed by atoms with Gasteiger partial charge in [0.25, 0.3) is 0 Å². The van der Waals surface area contributed by atoms with Gasteiger partial charge in [0.15, 0.2) is 5.78 Å². The predicted octanol–water partition coefficient (Wildman–Crippen LogP) is 2.72. The van der Waals surface area contributed by atoms with Gasteiger partial charge in [0.2, 0.25) is 10.0 Å². The van der Waals surface area contributed by atoms with Gasteiger partial charge in [-0.25, -0.2) is 12.7 Å². The summed E-state index contributed by atoms with van der Waals surface area (Å²) in [6, 6.07) is 13.6. The molecule has 5 nitrogen and oxygen atoms in total. The number of benzene rings is 2. The summed E-state index contributed by atoms with van der Waals surface area (Å²) in [5, 5.41) is 0. The molecular formula is C17H19NO4S. The number of carbonyl (C=O) groups excluding carboxylic acids is 1. The smallest absolute Gasteiger partial charge is 0.242 e. The zero-order chi connectivity index (χ0) is 17.0. The summed E-state index contributed by atoms with van der Waals surface area (Å²) in [5.74, 6) is 0.408. The Morgan fingerprint density at radius 1 is 1.09 bits per heavy atom. The van der Waals surface area contributed by atoms with Gasteiger partial charge in [-0.15, -0.1) is 0 Å². The minimum absolute atomic E-state index is 0.0791. The number of carbonyl (C=O) groups is 1. The monoisotopic (exact) mass is 333 g/mol. The van der Waals surface area contributed by atoms with Crippen LogP contribution in [0.3, 0.4) is 0 Å². The lowest BCUT2D eigenvalue weighted by Gasteiger charge is -2.13. The molecule has 6 heteroatoms. The molecule has 0 atom stereocenters. The molecule has 0 aliphatic heterocycles. The number of sulfonamides is 1. The van der Waals surface area contributed by atoms with Crippen molar-refractivity contribution in [2.24, 2.45) is 0 Å². The van der Waals surface area contributed by atoms with Gasteiger partial charge in [0.1, 0.15) is 12.4 Å². The van der Waals surface area contributed by atoms with E-state index in [9.17, 15) is 13.2 Å². The molecule has 0 fully saturated rings. The highest BCUT2D eigenvalue weighted by Gasteiger charge is 2.17. The van der Waals surface area contributed by atoms with E-state index < -0.39 is 10.0 Å². The Balaban J connectivity index is 2.22.